The Hall–Kier alpha value is -3.07. The summed E-state index contributed by atoms with van der Waals surface area (Å²) < 4.78 is 7.91. The summed E-state index contributed by atoms with van der Waals surface area (Å²) in [5.74, 6) is 0.412. The van der Waals surface area contributed by atoms with Crippen molar-refractivity contribution >= 4 is 34.6 Å². The molecular formula is C28H39N5O4. The molecule has 3 aliphatic heterocycles. The maximum absolute atomic E-state index is 12.3. The molecule has 3 fully saturated rings. The molecule has 3 saturated heterocycles. The molecule has 0 bridgehead atoms. The molecule has 0 atom stereocenters. The number of amides is 4. The van der Waals surface area contributed by atoms with E-state index in [2.05, 4.69) is 33.1 Å². The van der Waals surface area contributed by atoms with E-state index < -0.39 is 5.60 Å². The molecular weight excluding hydrogens is 470 g/mol. The molecule has 4 heterocycles. The van der Waals surface area contributed by atoms with Gasteiger partial charge in [0.05, 0.1) is 0 Å². The summed E-state index contributed by atoms with van der Waals surface area (Å²) in [5, 5.41) is 3.51. The van der Waals surface area contributed by atoms with Crippen molar-refractivity contribution in [2.75, 3.05) is 44.2 Å². The topological polar surface area (TPSA) is 87.1 Å². The molecule has 3 aliphatic rings. The van der Waals surface area contributed by atoms with Crippen LogP contribution in [0.5, 0.6) is 0 Å². The Kier molecular flexibility index (Phi) is 7.16. The average molecular weight is 510 g/mol. The summed E-state index contributed by atoms with van der Waals surface area (Å²) in [6.45, 7) is 11.0. The number of likely N-dealkylation sites (tertiary alicyclic amines) is 2. The predicted octanol–water partition coefficient (Wildman–Crippen LogP) is 4.37. The number of anilines is 1. The molecule has 5 rings (SSSR count). The number of nitrogens with zero attached hydrogens (tertiary/aromatic N) is 4. The number of hydrogen-bond donors (Lipinski definition) is 1. The van der Waals surface area contributed by atoms with Gasteiger partial charge in [0.2, 0.25) is 5.91 Å². The van der Waals surface area contributed by atoms with Crippen molar-refractivity contribution in [3.05, 3.63) is 30.5 Å². The standard InChI is InChI=1S/C28H39N5O4/c1-28(2,3)37-27(36)31-14-6-20(7-15-31)19-30-12-9-22(10-13-30)32-16-8-21-18-23(4-5-24(21)32)33-17-11-25(34)29-26(33)35/h4-5,8,16,18,20,22H,6-7,9-15,17,19H2,1-3H3,(H,29,34,35). The highest BCUT2D eigenvalue weighted by Crippen LogP contribution is 2.31. The summed E-state index contributed by atoms with van der Waals surface area (Å²) in [4.78, 5) is 42.1. The first kappa shape index (κ1) is 25.6. The molecule has 0 spiro atoms. The Balaban J connectivity index is 1.12. The number of carbonyl (C=O) groups excluding carboxylic acids is 3. The van der Waals surface area contributed by atoms with Gasteiger partial charge in [0, 0.05) is 74.5 Å². The van der Waals surface area contributed by atoms with Crippen molar-refractivity contribution in [2.24, 2.45) is 5.92 Å². The second-order valence-electron chi connectivity index (χ2n) is 11.7. The van der Waals surface area contributed by atoms with Gasteiger partial charge < -0.3 is 19.1 Å². The molecule has 1 N–H and O–H groups in total. The first-order valence-corrected chi connectivity index (χ1v) is 13.6. The highest BCUT2D eigenvalue weighted by atomic mass is 16.6. The van der Waals surface area contributed by atoms with Crippen molar-refractivity contribution in [2.45, 2.75) is 64.5 Å². The molecule has 37 heavy (non-hydrogen) atoms. The van der Waals surface area contributed by atoms with E-state index in [0.717, 1.165) is 69.5 Å². The van der Waals surface area contributed by atoms with Crippen LogP contribution in [0.15, 0.2) is 30.5 Å². The van der Waals surface area contributed by atoms with Crippen molar-refractivity contribution in [1.29, 1.82) is 0 Å². The van der Waals surface area contributed by atoms with Gasteiger partial charge in [0.1, 0.15) is 5.60 Å². The zero-order chi connectivity index (χ0) is 26.2. The number of hydrogen-bond acceptors (Lipinski definition) is 5. The van der Waals surface area contributed by atoms with Crippen molar-refractivity contribution in [3.8, 4) is 0 Å². The fraction of sp³-hybridized carbons (Fsp3) is 0.607. The van der Waals surface area contributed by atoms with Gasteiger partial charge >= 0.3 is 12.1 Å². The lowest BCUT2D eigenvalue weighted by Gasteiger charge is -2.38. The maximum Gasteiger partial charge on any atom is 0.410 e. The molecule has 0 aliphatic carbocycles. The number of urea groups is 1. The molecule has 4 amide bonds. The second kappa shape index (κ2) is 10.4. The van der Waals surface area contributed by atoms with Gasteiger partial charge in [-0.05, 0) is 76.6 Å². The third-order valence-electron chi connectivity index (χ3n) is 7.80. The van der Waals surface area contributed by atoms with Crippen LogP contribution in [0.3, 0.4) is 0 Å². The number of carbonyl (C=O) groups is 3. The summed E-state index contributed by atoms with van der Waals surface area (Å²) in [6, 6.07) is 8.35. The summed E-state index contributed by atoms with van der Waals surface area (Å²) in [6.07, 6.45) is 6.59. The van der Waals surface area contributed by atoms with E-state index in [1.165, 1.54) is 5.52 Å². The van der Waals surface area contributed by atoms with Gasteiger partial charge in [0.15, 0.2) is 0 Å². The Morgan fingerprint density at radius 3 is 2.41 bits per heavy atom. The lowest BCUT2D eigenvalue weighted by Crippen LogP contribution is -2.49. The Morgan fingerprint density at radius 1 is 1.00 bits per heavy atom. The lowest BCUT2D eigenvalue weighted by atomic mass is 9.95. The van der Waals surface area contributed by atoms with Crippen LogP contribution in [0.25, 0.3) is 10.9 Å². The van der Waals surface area contributed by atoms with Crippen LogP contribution in [0.2, 0.25) is 0 Å². The van der Waals surface area contributed by atoms with Gasteiger partial charge in [-0.3, -0.25) is 15.0 Å². The van der Waals surface area contributed by atoms with E-state index >= 15 is 0 Å². The molecule has 1 aromatic heterocycles. The monoisotopic (exact) mass is 509 g/mol. The van der Waals surface area contributed by atoms with Crippen LogP contribution in [0.1, 0.15) is 58.9 Å². The third-order valence-corrected chi connectivity index (χ3v) is 7.80. The van der Waals surface area contributed by atoms with Crippen LogP contribution in [-0.4, -0.2) is 77.3 Å². The van der Waals surface area contributed by atoms with E-state index in [1.54, 1.807) is 4.90 Å². The fourth-order valence-corrected chi connectivity index (χ4v) is 5.82. The smallest absolute Gasteiger partial charge is 0.410 e. The molecule has 9 nitrogen and oxygen atoms in total. The van der Waals surface area contributed by atoms with Crippen molar-refractivity contribution < 1.29 is 19.1 Å². The Bertz CT molecular complexity index is 1150. The van der Waals surface area contributed by atoms with E-state index in [0.29, 0.717) is 24.9 Å². The highest BCUT2D eigenvalue weighted by molar-refractivity contribution is 6.06. The average Bonchev–Trinajstić information content (AvgIpc) is 3.27. The van der Waals surface area contributed by atoms with Gasteiger partial charge in [-0.1, -0.05) is 0 Å². The number of rotatable bonds is 4. The first-order valence-electron chi connectivity index (χ1n) is 13.6. The molecule has 0 radical (unpaired) electrons. The minimum absolute atomic E-state index is 0.188. The largest absolute Gasteiger partial charge is 0.444 e. The van der Waals surface area contributed by atoms with Crippen LogP contribution in [0, 0.1) is 5.92 Å². The van der Waals surface area contributed by atoms with E-state index in [9.17, 15) is 14.4 Å². The summed E-state index contributed by atoms with van der Waals surface area (Å²) in [5.41, 5.74) is 1.56. The van der Waals surface area contributed by atoms with Gasteiger partial charge in [-0.2, -0.15) is 0 Å². The quantitative estimate of drug-likeness (QED) is 0.661. The van der Waals surface area contributed by atoms with Gasteiger partial charge in [0.25, 0.3) is 0 Å². The van der Waals surface area contributed by atoms with Crippen LogP contribution < -0.4 is 10.2 Å². The van der Waals surface area contributed by atoms with Crippen LogP contribution >= 0.6 is 0 Å². The SMILES string of the molecule is CC(C)(C)OC(=O)N1CCC(CN2CCC(n3ccc4cc(N5CCC(=O)NC5=O)ccc43)CC2)CC1. The minimum Gasteiger partial charge on any atom is -0.444 e. The van der Waals surface area contributed by atoms with E-state index in [1.807, 2.05) is 37.8 Å². The molecule has 1 aromatic carbocycles. The lowest BCUT2D eigenvalue weighted by molar-refractivity contribution is -0.120. The number of imide groups is 1. The highest BCUT2D eigenvalue weighted by Gasteiger charge is 2.29. The van der Waals surface area contributed by atoms with Crippen LogP contribution in [0.4, 0.5) is 15.3 Å². The maximum atomic E-state index is 12.3. The zero-order valence-corrected chi connectivity index (χ0v) is 22.2. The molecule has 0 unspecified atom stereocenters. The zero-order valence-electron chi connectivity index (χ0n) is 22.2. The molecule has 0 saturated carbocycles. The number of ether oxygens (including phenoxy) is 1. The number of nitrogens with one attached hydrogen (secondary N) is 1. The van der Waals surface area contributed by atoms with Crippen molar-refractivity contribution in [1.82, 2.24) is 19.7 Å². The Labute approximate surface area is 218 Å². The molecule has 2 aromatic rings. The number of benzene rings is 1. The van der Waals surface area contributed by atoms with Gasteiger partial charge in [-0.15, -0.1) is 0 Å². The van der Waals surface area contributed by atoms with E-state index in [4.69, 9.17) is 4.74 Å². The molecule has 9 heteroatoms. The summed E-state index contributed by atoms with van der Waals surface area (Å²) >= 11 is 0. The molecule has 200 valence electrons. The minimum atomic E-state index is -0.447. The van der Waals surface area contributed by atoms with Crippen molar-refractivity contribution in [3.63, 3.8) is 0 Å². The number of aromatic nitrogens is 1. The van der Waals surface area contributed by atoms with Crippen LogP contribution in [-0.2, 0) is 9.53 Å². The third kappa shape index (κ3) is 5.92. The number of fused-ring (bicyclic) bond motifs is 1. The Morgan fingerprint density at radius 2 is 1.73 bits per heavy atom. The predicted molar refractivity (Wildman–Crippen MR) is 143 cm³/mol. The second-order valence-corrected chi connectivity index (χ2v) is 11.7. The van der Waals surface area contributed by atoms with Gasteiger partial charge in [-0.25, -0.2) is 9.59 Å². The normalized spacial score (nSPS) is 20.9. The fourth-order valence-electron chi connectivity index (χ4n) is 5.82. The van der Waals surface area contributed by atoms with E-state index in [-0.39, 0.29) is 18.0 Å². The number of piperidine rings is 2. The first-order chi connectivity index (χ1) is 17.7. The summed E-state index contributed by atoms with van der Waals surface area (Å²) in [7, 11) is 0.